The number of carbonyl (C=O) groups is 2. The SMILES string of the molecule is Cc1nc(C(=O)NC(C(=O)O)C(C)C)nn1-c1ccccc1C(C)C. The van der Waals surface area contributed by atoms with Gasteiger partial charge in [-0.1, -0.05) is 45.9 Å². The average molecular weight is 344 g/mol. The third-order valence-corrected chi connectivity index (χ3v) is 3.98. The van der Waals surface area contributed by atoms with E-state index >= 15 is 0 Å². The summed E-state index contributed by atoms with van der Waals surface area (Å²) in [5.74, 6) is -1.10. The Morgan fingerprint density at radius 2 is 1.80 bits per heavy atom. The number of nitrogens with one attached hydrogen (secondary N) is 1. The van der Waals surface area contributed by atoms with Crippen LogP contribution < -0.4 is 5.32 Å². The number of hydrogen-bond acceptors (Lipinski definition) is 4. The maximum absolute atomic E-state index is 12.4. The Morgan fingerprint density at radius 1 is 1.16 bits per heavy atom. The number of rotatable bonds is 6. The number of hydrogen-bond donors (Lipinski definition) is 2. The van der Waals surface area contributed by atoms with Crippen LogP contribution in [0.15, 0.2) is 24.3 Å². The minimum Gasteiger partial charge on any atom is -0.480 e. The van der Waals surface area contributed by atoms with Crippen LogP contribution in [0.5, 0.6) is 0 Å². The molecule has 0 aliphatic carbocycles. The highest BCUT2D eigenvalue weighted by Crippen LogP contribution is 2.23. The van der Waals surface area contributed by atoms with Gasteiger partial charge in [0.25, 0.3) is 5.91 Å². The van der Waals surface area contributed by atoms with Gasteiger partial charge in [-0.2, -0.15) is 0 Å². The zero-order valence-electron chi connectivity index (χ0n) is 15.1. The third-order valence-electron chi connectivity index (χ3n) is 3.98. The van der Waals surface area contributed by atoms with Gasteiger partial charge in [-0.3, -0.25) is 4.79 Å². The molecule has 1 unspecified atom stereocenters. The quantitative estimate of drug-likeness (QED) is 0.839. The molecule has 0 aliphatic heterocycles. The van der Waals surface area contributed by atoms with Gasteiger partial charge in [0.15, 0.2) is 0 Å². The maximum atomic E-state index is 12.4. The van der Waals surface area contributed by atoms with Gasteiger partial charge in [-0.15, -0.1) is 5.10 Å². The minimum absolute atomic E-state index is 0.0389. The molecule has 1 aromatic heterocycles. The van der Waals surface area contributed by atoms with Gasteiger partial charge in [0, 0.05) is 0 Å². The molecule has 1 heterocycles. The second-order valence-electron chi connectivity index (χ2n) is 6.64. The van der Waals surface area contributed by atoms with Crippen LogP contribution in [0.1, 0.15) is 55.6 Å². The van der Waals surface area contributed by atoms with Crippen LogP contribution >= 0.6 is 0 Å². The number of benzene rings is 1. The van der Waals surface area contributed by atoms with Crippen molar-refractivity contribution in [3.8, 4) is 5.69 Å². The molecule has 7 nitrogen and oxygen atoms in total. The summed E-state index contributed by atoms with van der Waals surface area (Å²) in [6.45, 7) is 9.39. The zero-order chi connectivity index (χ0) is 18.7. The van der Waals surface area contributed by atoms with Crippen LogP contribution in [0.2, 0.25) is 0 Å². The van der Waals surface area contributed by atoms with Crippen molar-refractivity contribution >= 4 is 11.9 Å². The van der Waals surface area contributed by atoms with E-state index in [2.05, 4.69) is 29.2 Å². The number of aryl methyl sites for hydroxylation is 1. The van der Waals surface area contributed by atoms with Crippen molar-refractivity contribution in [2.24, 2.45) is 5.92 Å². The predicted octanol–water partition coefficient (Wildman–Crippen LogP) is 2.54. The Morgan fingerprint density at radius 3 is 2.36 bits per heavy atom. The highest BCUT2D eigenvalue weighted by atomic mass is 16.4. The standard InChI is InChI=1S/C18H24N4O3/c1-10(2)13-8-6-7-9-14(13)22-12(5)19-16(21-22)17(23)20-15(11(3)4)18(24)25/h6-11,15H,1-5H3,(H,20,23)(H,24,25). The lowest BCUT2D eigenvalue weighted by atomic mass is 10.0. The normalized spacial score (nSPS) is 12.4. The van der Waals surface area contributed by atoms with Crippen molar-refractivity contribution in [3.63, 3.8) is 0 Å². The maximum Gasteiger partial charge on any atom is 0.326 e. The second kappa shape index (κ2) is 7.46. The second-order valence-corrected chi connectivity index (χ2v) is 6.64. The summed E-state index contributed by atoms with van der Waals surface area (Å²) in [6, 6.07) is 6.82. The molecule has 0 saturated carbocycles. The van der Waals surface area contributed by atoms with E-state index in [4.69, 9.17) is 0 Å². The fraction of sp³-hybridized carbons (Fsp3) is 0.444. The summed E-state index contributed by atoms with van der Waals surface area (Å²) in [5, 5.41) is 16.0. The van der Waals surface area contributed by atoms with E-state index in [0.29, 0.717) is 5.82 Å². The van der Waals surface area contributed by atoms with Crippen LogP contribution in [0, 0.1) is 12.8 Å². The summed E-state index contributed by atoms with van der Waals surface area (Å²) in [7, 11) is 0. The summed E-state index contributed by atoms with van der Waals surface area (Å²) >= 11 is 0. The van der Waals surface area contributed by atoms with Gasteiger partial charge in [0.2, 0.25) is 5.82 Å². The first-order valence-corrected chi connectivity index (χ1v) is 8.29. The molecule has 0 fully saturated rings. The smallest absolute Gasteiger partial charge is 0.326 e. The van der Waals surface area contributed by atoms with Gasteiger partial charge in [0.1, 0.15) is 11.9 Å². The van der Waals surface area contributed by atoms with Gasteiger partial charge in [-0.05, 0) is 30.4 Å². The molecule has 1 atom stereocenters. The molecule has 0 spiro atoms. The van der Waals surface area contributed by atoms with Gasteiger partial charge < -0.3 is 10.4 Å². The van der Waals surface area contributed by atoms with Crippen molar-refractivity contribution < 1.29 is 14.7 Å². The molecule has 2 N–H and O–H groups in total. The largest absolute Gasteiger partial charge is 0.480 e. The van der Waals surface area contributed by atoms with E-state index in [0.717, 1.165) is 11.3 Å². The first-order valence-electron chi connectivity index (χ1n) is 8.29. The summed E-state index contributed by atoms with van der Waals surface area (Å²) in [6.07, 6.45) is 0. The van der Waals surface area contributed by atoms with Gasteiger partial charge in [-0.25, -0.2) is 14.5 Å². The van der Waals surface area contributed by atoms with Crippen LogP contribution in [0.3, 0.4) is 0 Å². The van der Waals surface area contributed by atoms with Crippen LogP contribution in [-0.4, -0.2) is 37.8 Å². The van der Waals surface area contributed by atoms with Gasteiger partial charge >= 0.3 is 5.97 Å². The van der Waals surface area contributed by atoms with E-state index in [9.17, 15) is 14.7 Å². The molecule has 0 radical (unpaired) electrons. The fourth-order valence-corrected chi connectivity index (χ4v) is 2.60. The Hall–Kier alpha value is -2.70. The number of para-hydroxylation sites is 1. The molecule has 1 amide bonds. The number of carbonyl (C=O) groups excluding carboxylic acids is 1. The molecule has 2 rings (SSSR count). The van der Waals surface area contributed by atoms with Crippen molar-refractivity contribution in [2.45, 2.75) is 46.6 Å². The monoisotopic (exact) mass is 344 g/mol. The predicted molar refractivity (Wildman–Crippen MR) is 93.9 cm³/mol. The van der Waals surface area contributed by atoms with Crippen molar-refractivity contribution in [3.05, 3.63) is 41.5 Å². The van der Waals surface area contributed by atoms with E-state index in [1.807, 2.05) is 24.3 Å². The van der Waals surface area contributed by atoms with Gasteiger partial charge in [0.05, 0.1) is 5.69 Å². The molecule has 7 heteroatoms. The molecular weight excluding hydrogens is 320 g/mol. The Bertz CT molecular complexity index is 780. The number of nitrogens with zero attached hydrogens (tertiary/aromatic N) is 3. The van der Waals surface area contributed by atoms with Crippen LogP contribution in [0.25, 0.3) is 5.69 Å². The molecule has 25 heavy (non-hydrogen) atoms. The van der Waals surface area contributed by atoms with Crippen molar-refractivity contribution in [2.75, 3.05) is 0 Å². The lowest BCUT2D eigenvalue weighted by molar-refractivity contribution is -0.140. The van der Waals surface area contributed by atoms with E-state index < -0.39 is 17.9 Å². The van der Waals surface area contributed by atoms with E-state index in [1.165, 1.54) is 0 Å². The summed E-state index contributed by atoms with van der Waals surface area (Å²) in [5.41, 5.74) is 1.95. The van der Waals surface area contributed by atoms with Crippen molar-refractivity contribution in [1.82, 2.24) is 20.1 Å². The molecule has 2 aromatic rings. The van der Waals surface area contributed by atoms with Crippen LogP contribution in [-0.2, 0) is 4.79 Å². The average Bonchev–Trinajstić information content (AvgIpc) is 2.93. The molecule has 0 saturated heterocycles. The Kier molecular flexibility index (Phi) is 5.56. The highest BCUT2D eigenvalue weighted by Gasteiger charge is 2.26. The number of carboxylic acids is 1. The number of aromatic nitrogens is 3. The molecule has 1 aromatic carbocycles. The molecular formula is C18H24N4O3. The Labute approximate surface area is 147 Å². The first-order chi connectivity index (χ1) is 11.7. The lowest BCUT2D eigenvalue weighted by Gasteiger charge is -2.16. The number of amides is 1. The highest BCUT2D eigenvalue weighted by molar-refractivity contribution is 5.93. The van der Waals surface area contributed by atoms with E-state index in [-0.39, 0.29) is 17.7 Å². The topological polar surface area (TPSA) is 97.1 Å². The Balaban J connectivity index is 2.35. The molecule has 0 bridgehead atoms. The number of aliphatic carboxylic acids is 1. The number of carboxylic acid groups (broad SMARTS) is 1. The third kappa shape index (κ3) is 4.04. The zero-order valence-corrected chi connectivity index (χ0v) is 15.1. The lowest BCUT2D eigenvalue weighted by Crippen LogP contribution is -2.44. The van der Waals surface area contributed by atoms with Crippen molar-refractivity contribution in [1.29, 1.82) is 0 Å². The molecule has 0 aliphatic rings. The first kappa shape index (κ1) is 18.6. The summed E-state index contributed by atoms with van der Waals surface area (Å²) in [4.78, 5) is 27.8. The minimum atomic E-state index is -1.08. The summed E-state index contributed by atoms with van der Waals surface area (Å²) < 4.78 is 1.62. The molecule has 134 valence electrons. The fourth-order valence-electron chi connectivity index (χ4n) is 2.60. The van der Waals surface area contributed by atoms with E-state index in [1.54, 1.807) is 25.5 Å². The van der Waals surface area contributed by atoms with Crippen LogP contribution in [0.4, 0.5) is 0 Å².